The Morgan fingerprint density at radius 1 is 1.05 bits per heavy atom. The number of para-hydroxylation sites is 1. The number of benzene rings is 2. The molecule has 1 fully saturated rings. The molecule has 220 valence electrons. The number of halogens is 2. The standard InChI is InChI=1S/C25H23BF2N4O10/c1-2-31-6-7-32(22(35)21(31)34)25(40)30-18(13-9-16(28)14(24(38)39)10-15(13)27)20(33)29-17-8-11-4-3-5-12(23(36)37)19(11)42-26(17)41/h3-5,9-10,17-18,41H,2,6-8H2,1H3,(H,29,33)(H,30,40)(H,36,37)(H,38,39)/t17-,18?/m0/s1. The molecule has 17 heteroatoms. The molecule has 0 saturated carbocycles. The Kier molecular flexibility index (Phi) is 8.42. The molecule has 0 radical (unpaired) electrons. The number of amides is 5. The van der Waals surface area contributed by atoms with E-state index in [-0.39, 0.29) is 42.9 Å². The van der Waals surface area contributed by atoms with Crippen LogP contribution >= 0.6 is 0 Å². The molecule has 1 saturated heterocycles. The van der Waals surface area contributed by atoms with Gasteiger partial charge in [-0.2, -0.15) is 0 Å². The number of urea groups is 1. The third-order valence-corrected chi connectivity index (χ3v) is 6.77. The number of likely N-dealkylation sites (N-methyl/N-ethyl adjacent to an activating group) is 1. The molecule has 0 aromatic heterocycles. The van der Waals surface area contributed by atoms with Gasteiger partial charge < -0.3 is 35.4 Å². The highest BCUT2D eigenvalue weighted by Gasteiger charge is 2.41. The van der Waals surface area contributed by atoms with Crippen molar-refractivity contribution in [3.8, 4) is 5.75 Å². The highest BCUT2D eigenvalue weighted by molar-refractivity contribution is 6.47. The van der Waals surface area contributed by atoms with E-state index in [2.05, 4.69) is 10.6 Å². The van der Waals surface area contributed by atoms with Gasteiger partial charge in [0.15, 0.2) is 0 Å². The molecular weight excluding hydrogens is 565 g/mol. The average Bonchev–Trinajstić information content (AvgIpc) is 2.94. The van der Waals surface area contributed by atoms with Crippen molar-refractivity contribution < 1.29 is 57.4 Å². The van der Waals surface area contributed by atoms with Gasteiger partial charge in [0.2, 0.25) is 5.91 Å². The van der Waals surface area contributed by atoms with Gasteiger partial charge in [0, 0.05) is 25.2 Å². The molecule has 14 nitrogen and oxygen atoms in total. The molecule has 2 heterocycles. The van der Waals surface area contributed by atoms with E-state index in [1.165, 1.54) is 23.1 Å². The Morgan fingerprint density at radius 3 is 2.38 bits per heavy atom. The van der Waals surface area contributed by atoms with Crippen LogP contribution in [0.2, 0.25) is 0 Å². The van der Waals surface area contributed by atoms with E-state index in [1.807, 2.05) is 0 Å². The topological polar surface area (TPSA) is 203 Å². The van der Waals surface area contributed by atoms with Crippen LogP contribution in [0.3, 0.4) is 0 Å². The Labute approximate surface area is 236 Å². The summed E-state index contributed by atoms with van der Waals surface area (Å²) in [5.41, 5.74) is -1.85. The lowest BCUT2D eigenvalue weighted by atomic mass is 9.72. The molecule has 2 aliphatic rings. The van der Waals surface area contributed by atoms with Crippen molar-refractivity contribution in [2.45, 2.75) is 25.3 Å². The Balaban J connectivity index is 1.64. The number of nitrogens with zero attached hydrogens (tertiary/aromatic N) is 2. The highest BCUT2D eigenvalue weighted by Crippen LogP contribution is 2.31. The van der Waals surface area contributed by atoms with Crippen LogP contribution in [0.1, 0.15) is 44.8 Å². The maximum absolute atomic E-state index is 15.1. The highest BCUT2D eigenvalue weighted by atomic mass is 19.1. The van der Waals surface area contributed by atoms with Crippen LogP contribution in [0.15, 0.2) is 30.3 Å². The predicted molar refractivity (Wildman–Crippen MR) is 136 cm³/mol. The monoisotopic (exact) mass is 588 g/mol. The maximum atomic E-state index is 15.1. The second-order valence-electron chi connectivity index (χ2n) is 9.31. The second-order valence-corrected chi connectivity index (χ2v) is 9.31. The van der Waals surface area contributed by atoms with Gasteiger partial charge in [0.25, 0.3) is 0 Å². The predicted octanol–water partition coefficient (Wildman–Crippen LogP) is -0.0578. The molecule has 4 rings (SSSR count). The number of nitrogens with one attached hydrogen (secondary N) is 2. The maximum Gasteiger partial charge on any atom is 0.547 e. The summed E-state index contributed by atoms with van der Waals surface area (Å²) in [4.78, 5) is 75.6. The zero-order valence-electron chi connectivity index (χ0n) is 21.8. The first-order valence-corrected chi connectivity index (χ1v) is 12.5. The van der Waals surface area contributed by atoms with Crippen molar-refractivity contribution >= 4 is 42.8 Å². The van der Waals surface area contributed by atoms with Gasteiger partial charge in [-0.15, -0.1) is 0 Å². The molecule has 5 N–H and O–H groups in total. The number of piperazine rings is 1. The number of hydrogen-bond acceptors (Lipinski definition) is 8. The van der Waals surface area contributed by atoms with Crippen molar-refractivity contribution in [3.63, 3.8) is 0 Å². The first-order chi connectivity index (χ1) is 19.8. The van der Waals surface area contributed by atoms with Gasteiger partial charge in [-0.1, -0.05) is 12.1 Å². The Bertz CT molecular complexity index is 1510. The minimum atomic E-state index is -2.10. The summed E-state index contributed by atoms with van der Waals surface area (Å²) in [5.74, 6) is -10.9. The fourth-order valence-corrected chi connectivity index (χ4v) is 4.59. The molecule has 0 aliphatic carbocycles. The van der Waals surface area contributed by atoms with Crippen molar-refractivity contribution in [3.05, 3.63) is 64.2 Å². The zero-order chi connectivity index (χ0) is 30.9. The smallest absolute Gasteiger partial charge is 0.534 e. The lowest BCUT2D eigenvalue weighted by molar-refractivity contribution is -0.153. The third-order valence-electron chi connectivity index (χ3n) is 6.77. The lowest BCUT2D eigenvalue weighted by Crippen LogP contribution is -2.60. The number of carbonyl (C=O) groups excluding carboxylic acids is 4. The number of hydrogen-bond donors (Lipinski definition) is 5. The van der Waals surface area contributed by atoms with Gasteiger partial charge in [-0.3, -0.25) is 19.3 Å². The average molecular weight is 588 g/mol. The van der Waals surface area contributed by atoms with Crippen molar-refractivity contribution in [2.75, 3.05) is 19.6 Å². The van der Waals surface area contributed by atoms with Gasteiger partial charge in [0.05, 0.1) is 17.1 Å². The zero-order valence-corrected chi connectivity index (χ0v) is 21.8. The molecule has 2 atom stereocenters. The van der Waals surface area contributed by atoms with E-state index in [0.29, 0.717) is 17.0 Å². The van der Waals surface area contributed by atoms with Gasteiger partial charge in [-0.05, 0) is 37.1 Å². The Morgan fingerprint density at radius 2 is 1.74 bits per heavy atom. The van der Waals surface area contributed by atoms with E-state index in [1.54, 1.807) is 6.92 Å². The van der Waals surface area contributed by atoms with Crippen LogP contribution in [0.5, 0.6) is 5.75 Å². The molecule has 2 aliphatic heterocycles. The van der Waals surface area contributed by atoms with Crippen molar-refractivity contribution in [1.29, 1.82) is 0 Å². The first kappa shape index (κ1) is 29.9. The molecule has 0 spiro atoms. The number of rotatable bonds is 7. The first-order valence-electron chi connectivity index (χ1n) is 12.5. The Hall–Kier alpha value is -5.06. The molecular formula is C25H23BF2N4O10. The van der Waals surface area contributed by atoms with Crippen LogP contribution in [-0.4, -0.2) is 93.4 Å². The molecule has 42 heavy (non-hydrogen) atoms. The molecule has 1 unspecified atom stereocenters. The van der Waals surface area contributed by atoms with Crippen molar-refractivity contribution in [2.24, 2.45) is 0 Å². The summed E-state index contributed by atoms with van der Waals surface area (Å²) >= 11 is 0. The molecule has 0 bridgehead atoms. The summed E-state index contributed by atoms with van der Waals surface area (Å²) in [6, 6.07) is 1.41. The largest absolute Gasteiger partial charge is 0.547 e. The second kappa shape index (κ2) is 11.8. The van der Waals surface area contributed by atoms with Gasteiger partial charge in [-0.25, -0.2) is 23.2 Å². The fourth-order valence-electron chi connectivity index (χ4n) is 4.59. The normalized spacial score (nSPS) is 17.2. The van der Waals surface area contributed by atoms with E-state index in [0.717, 1.165) is 0 Å². The van der Waals surface area contributed by atoms with E-state index in [4.69, 9.17) is 9.76 Å². The lowest BCUT2D eigenvalue weighted by Gasteiger charge is -2.33. The molecule has 5 amide bonds. The molecule has 2 aromatic rings. The van der Waals surface area contributed by atoms with Crippen LogP contribution in [0.25, 0.3) is 0 Å². The number of aromatic carboxylic acids is 2. The number of carboxylic acids is 2. The minimum absolute atomic E-state index is 0.0228. The third kappa shape index (κ3) is 5.71. The summed E-state index contributed by atoms with van der Waals surface area (Å²) in [5, 5.41) is 33.4. The fraction of sp³-hybridized carbons (Fsp3) is 0.280. The van der Waals surface area contributed by atoms with Crippen LogP contribution in [-0.2, 0) is 20.8 Å². The molecule has 2 aromatic carbocycles. The number of carbonyl (C=O) groups is 6. The quantitative estimate of drug-likeness (QED) is 0.215. The van der Waals surface area contributed by atoms with Crippen LogP contribution in [0, 0.1) is 11.6 Å². The summed E-state index contributed by atoms with van der Waals surface area (Å²) in [7, 11) is -1.81. The van der Waals surface area contributed by atoms with Crippen molar-refractivity contribution in [1.82, 2.24) is 20.4 Å². The van der Waals surface area contributed by atoms with E-state index >= 15 is 4.39 Å². The summed E-state index contributed by atoms with van der Waals surface area (Å²) in [6.07, 6.45) is -0.176. The van der Waals surface area contributed by atoms with Crippen LogP contribution < -0.4 is 15.3 Å². The SMILES string of the molecule is CCN1CCN(C(=O)NC(C(=O)N[C@H]2Cc3cccc(C(=O)O)c3OB2O)c2cc(F)c(C(=O)O)cc2F)C(=O)C1=O. The number of imide groups is 1. The van der Waals surface area contributed by atoms with Crippen LogP contribution in [0.4, 0.5) is 13.6 Å². The van der Waals surface area contributed by atoms with E-state index in [9.17, 15) is 43.3 Å². The van der Waals surface area contributed by atoms with Gasteiger partial charge in [0.1, 0.15) is 23.4 Å². The minimum Gasteiger partial charge on any atom is -0.534 e. The number of fused-ring (bicyclic) bond motifs is 1. The number of carboxylic acid groups (broad SMARTS) is 2. The van der Waals surface area contributed by atoms with E-state index < -0.39 is 77.6 Å². The summed E-state index contributed by atoms with van der Waals surface area (Å²) in [6.45, 7) is 1.51. The van der Waals surface area contributed by atoms with Gasteiger partial charge >= 0.3 is 36.9 Å². The summed E-state index contributed by atoms with van der Waals surface area (Å²) < 4.78 is 34.9.